The number of carbonyl (C=O) groups is 3. The molecule has 3 N–H and O–H groups in total. The largest absolute Gasteiger partial charge is 0.497 e. The quantitative estimate of drug-likeness (QED) is 0.341. The zero-order valence-electron chi connectivity index (χ0n) is 24.6. The Morgan fingerprint density at radius 2 is 1.39 bits per heavy atom. The Morgan fingerprint density at radius 1 is 0.829 bits per heavy atom. The van der Waals surface area contributed by atoms with Crippen LogP contribution in [-0.4, -0.2) is 42.5 Å². The van der Waals surface area contributed by atoms with Gasteiger partial charge in [-0.05, 0) is 80.6 Å². The van der Waals surface area contributed by atoms with Crippen molar-refractivity contribution in [3.8, 4) is 11.5 Å². The van der Waals surface area contributed by atoms with Gasteiger partial charge >= 0.3 is 0 Å². The molecular weight excluding hydrogens is 520 g/mol. The topological polar surface area (TPSA) is 114 Å². The van der Waals surface area contributed by atoms with Crippen LogP contribution in [0.3, 0.4) is 0 Å². The molecule has 41 heavy (non-hydrogen) atoms. The van der Waals surface area contributed by atoms with Crippen LogP contribution in [0, 0.1) is 39.5 Å². The standard InChI is InChI=1S/C33H38N2O6/c1-18-8-10-20(3)24(14-18)34-31(37)29-26(36)17-33(5,39)30(32(38)35-25-15-19(2)9-11-21(25)4)28(29)23-13-12-22(40-6)16-27(23)41-7/h8-16,28-30,39H,17H2,1-7H3,(H,34,37)(H,35,38). The lowest BCUT2D eigenvalue weighted by Crippen LogP contribution is -2.56. The van der Waals surface area contributed by atoms with Gasteiger partial charge in [-0.15, -0.1) is 0 Å². The molecule has 0 radical (unpaired) electrons. The molecule has 216 valence electrons. The molecule has 2 amide bonds. The van der Waals surface area contributed by atoms with Crippen LogP contribution in [0.15, 0.2) is 54.6 Å². The van der Waals surface area contributed by atoms with Crippen molar-refractivity contribution in [3.05, 3.63) is 82.4 Å². The Morgan fingerprint density at radius 3 is 1.93 bits per heavy atom. The maximum atomic E-state index is 14.1. The first kappa shape index (κ1) is 29.8. The molecule has 8 heteroatoms. The first-order chi connectivity index (χ1) is 19.4. The number of rotatable bonds is 7. The Hall–Kier alpha value is -4.17. The molecule has 0 aliphatic heterocycles. The molecule has 4 atom stereocenters. The van der Waals surface area contributed by atoms with Gasteiger partial charge < -0.3 is 25.2 Å². The van der Waals surface area contributed by atoms with Crippen LogP contribution in [0.25, 0.3) is 0 Å². The van der Waals surface area contributed by atoms with E-state index >= 15 is 0 Å². The first-order valence-corrected chi connectivity index (χ1v) is 13.6. The maximum absolute atomic E-state index is 14.1. The third kappa shape index (κ3) is 6.12. The summed E-state index contributed by atoms with van der Waals surface area (Å²) in [5.74, 6) is -4.14. The molecule has 0 spiro atoms. The van der Waals surface area contributed by atoms with Crippen LogP contribution in [0.1, 0.15) is 47.1 Å². The molecule has 0 saturated heterocycles. The molecule has 4 rings (SSSR count). The highest BCUT2D eigenvalue weighted by Crippen LogP contribution is 2.49. The van der Waals surface area contributed by atoms with Crippen LogP contribution in [0.5, 0.6) is 11.5 Å². The Kier molecular flexibility index (Phi) is 8.54. The van der Waals surface area contributed by atoms with Gasteiger partial charge in [0.05, 0.1) is 25.7 Å². The molecule has 3 aromatic carbocycles. The number of benzene rings is 3. The van der Waals surface area contributed by atoms with Crippen molar-refractivity contribution in [1.29, 1.82) is 0 Å². The molecule has 3 aromatic rings. The molecule has 1 aliphatic rings. The number of methoxy groups -OCH3 is 2. The summed E-state index contributed by atoms with van der Waals surface area (Å²) in [6.07, 6.45) is -0.363. The van der Waals surface area contributed by atoms with Gasteiger partial charge in [-0.3, -0.25) is 14.4 Å². The number of Topliss-reactive ketones (excluding diaryl/α,β-unsaturated/α-hetero) is 1. The number of ketones is 1. The van der Waals surface area contributed by atoms with E-state index in [1.807, 2.05) is 64.1 Å². The summed E-state index contributed by atoms with van der Waals surface area (Å²) in [5, 5.41) is 17.6. The molecule has 0 aromatic heterocycles. The van der Waals surface area contributed by atoms with Gasteiger partial charge in [0.15, 0.2) is 0 Å². The molecule has 1 fully saturated rings. The summed E-state index contributed by atoms with van der Waals surface area (Å²) in [4.78, 5) is 41.8. The summed E-state index contributed by atoms with van der Waals surface area (Å²) in [5.41, 5.74) is 3.46. The van der Waals surface area contributed by atoms with E-state index < -0.39 is 41.0 Å². The fraction of sp³-hybridized carbons (Fsp3) is 0.364. The lowest BCUT2D eigenvalue weighted by atomic mass is 9.61. The van der Waals surface area contributed by atoms with Crippen molar-refractivity contribution >= 4 is 29.0 Å². The highest BCUT2D eigenvalue weighted by atomic mass is 16.5. The number of nitrogens with one attached hydrogen (secondary N) is 2. The van der Waals surface area contributed by atoms with E-state index in [2.05, 4.69) is 10.6 Å². The van der Waals surface area contributed by atoms with E-state index in [0.717, 1.165) is 22.3 Å². The third-order valence-electron chi connectivity index (χ3n) is 7.93. The molecule has 0 heterocycles. The number of hydrogen-bond acceptors (Lipinski definition) is 6. The molecule has 1 aliphatic carbocycles. The Balaban J connectivity index is 1.86. The average molecular weight is 559 g/mol. The Labute approximate surface area is 241 Å². The minimum atomic E-state index is -1.75. The van der Waals surface area contributed by atoms with Gasteiger partial charge in [0.1, 0.15) is 23.2 Å². The number of carbonyl (C=O) groups excluding carboxylic acids is 3. The Bertz CT molecular complexity index is 1500. The van der Waals surface area contributed by atoms with Crippen molar-refractivity contribution in [2.75, 3.05) is 24.9 Å². The zero-order chi connectivity index (χ0) is 30.1. The highest BCUT2D eigenvalue weighted by molar-refractivity contribution is 6.11. The summed E-state index contributed by atoms with van der Waals surface area (Å²) < 4.78 is 11.0. The van der Waals surface area contributed by atoms with Gasteiger partial charge in [-0.25, -0.2) is 0 Å². The van der Waals surface area contributed by atoms with Crippen LogP contribution in [0.2, 0.25) is 0 Å². The third-order valence-corrected chi connectivity index (χ3v) is 7.93. The normalized spacial score (nSPS) is 22.1. The summed E-state index contributed by atoms with van der Waals surface area (Å²) in [6.45, 7) is 9.05. The second kappa shape index (κ2) is 11.7. The van der Waals surface area contributed by atoms with E-state index in [0.29, 0.717) is 28.4 Å². The van der Waals surface area contributed by atoms with E-state index in [1.165, 1.54) is 21.1 Å². The minimum Gasteiger partial charge on any atom is -0.497 e. The fourth-order valence-electron chi connectivity index (χ4n) is 5.72. The van der Waals surface area contributed by atoms with Crippen LogP contribution >= 0.6 is 0 Å². The van der Waals surface area contributed by atoms with E-state index in [-0.39, 0.29) is 6.42 Å². The lowest BCUT2D eigenvalue weighted by molar-refractivity contribution is -0.150. The van der Waals surface area contributed by atoms with Gasteiger partial charge in [-0.2, -0.15) is 0 Å². The minimum absolute atomic E-state index is 0.342. The molecular formula is C33H38N2O6. The average Bonchev–Trinajstić information content (AvgIpc) is 2.91. The molecule has 4 unspecified atom stereocenters. The summed E-state index contributed by atoms with van der Waals surface area (Å²) in [7, 11) is 2.99. The number of aliphatic hydroxyl groups is 1. The second-order valence-corrected chi connectivity index (χ2v) is 11.2. The summed E-state index contributed by atoms with van der Waals surface area (Å²) >= 11 is 0. The van der Waals surface area contributed by atoms with Crippen molar-refractivity contribution in [3.63, 3.8) is 0 Å². The van der Waals surface area contributed by atoms with E-state index in [1.54, 1.807) is 18.2 Å². The SMILES string of the molecule is COc1ccc(C2C(C(=O)Nc3cc(C)ccc3C)C(=O)CC(C)(O)C2C(=O)Nc2cc(C)ccc2C)c(OC)c1. The van der Waals surface area contributed by atoms with Crippen molar-refractivity contribution < 1.29 is 29.0 Å². The number of amides is 2. The zero-order valence-corrected chi connectivity index (χ0v) is 24.6. The van der Waals surface area contributed by atoms with Crippen molar-refractivity contribution in [2.45, 2.75) is 52.6 Å². The second-order valence-electron chi connectivity index (χ2n) is 11.2. The van der Waals surface area contributed by atoms with E-state index in [4.69, 9.17) is 9.47 Å². The summed E-state index contributed by atoms with van der Waals surface area (Å²) in [6, 6.07) is 16.4. The smallest absolute Gasteiger partial charge is 0.235 e. The molecule has 1 saturated carbocycles. The van der Waals surface area contributed by atoms with Crippen LogP contribution < -0.4 is 20.1 Å². The van der Waals surface area contributed by atoms with E-state index in [9.17, 15) is 19.5 Å². The monoisotopic (exact) mass is 558 g/mol. The van der Waals surface area contributed by atoms with Crippen molar-refractivity contribution in [1.82, 2.24) is 0 Å². The van der Waals surface area contributed by atoms with Gasteiger partial charge in [0.25, 0.3) is 0 Å². The number of hydrogen-bond donors (Lipinski definition) is 3. The van der Waals surface area contributed by atoms with Gasteiger partial charge in [-0.1, -0.05) is 30.3 Å². The molecule has 0 bridgehead atoms. The van der Waals surface area contributed by atoms with Gasteiger partial charge in [0.2, 0.25) is 11.8 Å². The van der Waals surface area contributed by atoms with Crippen LogP contribution in [-0.2, 0) is 14.4 Å². The van der Waals surface area contributed by atoms with Gasteiger partial charge in [0, 0.05) is 29.8 Å². The fourth-order valence-corrected chi connectivity index (χ4v) is 5.72. The van der Waals surface area contributed by atoms with Crippen molar-refractivity contribution in [2.24, 2.45) is 11.8 Å². The molecule has 8 nitrogen and oxygen atoms in total. The predicted octanol–water partition coefficient (Wildman–Crippen LogP) is 5.25. The first-order valence-electron chi connectivity index (χ1n) is 13.6. The number of ether oxygens (including phenoxy) is 2. The maximum Gasteiger partial charge on any atom is 0.235 e. The lowest BCUT2D eigenvalue weighted by Gasteiger charge is -2.44. The predicted molar refractivity (Wildman–Crippen MR) is 159 cm³/mol. The highest BCUT2D eigenvalue weighted by Gasteiger charge is 2.56. The number of aryl methyl sites for hydroxylation is 4. The number of anilines is 2. The van der Waals surface area contributed by atoms with Crippen LogP contribution in [0.4, 0.5) is 11.4 Å².